The lowest BCUT2D eigenvalue weighted by Gasteiger charge is -2.05. The molecule has 0 spiro atoms. The highest BCUT2D eigenvalue weighted by Gasteiger charge is 2.01. The van der Waals surface area contributed by atoms with Gasteiger partial charge in [0.05, 0.1) is 6.61 Å². The second-order valence-corrected chi connectivity index (χ2v) is 2.74. The maximum atomic E-state index is 8.71. The molecule has 0 fully saturated rings. The zero-order valence-corrected chi connectivity index (χ0v) is 7.94. The van der Waals surface area contributed by atoms with Gasteiger partial charge in [-0.25, -0.2) is 4.98 Å². The van der Waals surface area contributed by atoms with Crippen molar-refractivity contribution in [3.05, 3.63) is 36.7 Å². The molecule has 14 heavy (non-hydrogen) atoms. The minimum Gasteiger partial charge on any atom is -0.491 e. The monoisotopic (exact) mass is 188 g/mol. The Morgan fingerprint density at radius 2 is 2.50 bits per heavy atom. The Bertz CT molecular complexity index is 341. The van der Waals surface area contributed by atoms with Gasteiger partial charge in [0.2, 0.25) is 0 Å². The Morgan fingerprint density at radius 3 is 3.21 bits per heavy atom. The summed E-state index contributed by atoms with van der Waals surface area (Å²) in [5, 5.41) is 8.71. The smallest absolute Gasteiger partial charge is 0.182 e. The highest BCUT2D eigenvalue weighted by atomic mass is 16.5. The molecule has 1 aromatic heterocycles. The first-order valence-corrected chi connectivity index (χ1v) is 4.47. The van der Waals surface area contributed by atoms with Gasteiger partial charge in [0.15, 0.2) is 11.4 Å². The molecule has 1 heterocycles. The van der Waals surface area contributed by atoms with Crippen molar-refractivity contribution < 1.29 is 4.74 Å². The van der Waals surface area contributed by atoms with Crippen molar-refractivity contribution in [3.63, 3.8) is 0 Å². The molecule has 0 aliphatic carbocycles. The molecule has 0 unspecified atom stereocenters. The van der Waals surface area contributed by atoms with Gasteiger partial charge in [0.25, 0.3) is 0 Å². The molecule has 1 rings (SSSR count). The van der Waals surface area contributed by atoms with Crippen molar-refractivity contribution in [1.29, 1.82) is 5.26 Å². The molecule has 0 bridgehead atoms. The number of nitrogens with zero attached hydrogens (tertiary/aromatic N) is 2. The quantitative estimate of drug-likeness (QED) is 0.526. The van der Waals surface area contributed by atoms with E-state index in [1.165, 1.54) is 0 Å². The van der Waals surface area contributed by atoms with Gasteiger partial charge >= 0.3 is 0 Å². The number of aromatic nitrogens is 1. The summed E-state index contributed by atoms with van der Waals surface area (Å²) in [6.45, 7) is 4.21. The molecule has 0 saturated carbocycles. The third-order valence-electron chi connectivity index (χ3n) is 1.69. The lowest BCUT2D eigenvalue weighted by atomic mass is 10.3. The fraction of sp³-hybridized carbons (Fsp3) is 0.273. The zero-order valence-electron chi connectivity index (χ0n) is 7.94. The lowest BCUT2D eigenvalue weighted by molar-refractivity contribution is 0.310. The van der Waals surface area contributed by atoms with Gasteiger partial charge in [-0.1, -0.05) is 6.08 Å². The predicted octanol–water partition coefficient (Wildman–Crippen LogP) is 2.30. The Kier molecular flexibility index (Phi) is 4.22. The average molecular weight is 188 g/mol. The Balaban J connectivity index is 2.50. The number of allylic oxidation sites excluding steroid dienone is 1. The lowest BCUT2D eigenvalue weighted by Crippen LogP contribution is -1.99. The summed E-state index contributed by atoms with van der Waals surface area (Å²) >= 11 is 0. The van der Waals surface area contributed by atoms with Crippen LogP contribution in [-0.4, -0.2) is 11.6 Å². The minimum absolute atomic E-state index is 0.339. The van der Waals surface area contributed by atoms with Crippen LogP contribution in [0.25, 0.3) is 0 Å². The van der Waals surface area contributed by atoms with Gasteiger partial charge < -0.3 is 4.74 Å². The summed E-state index contributed by atoms with van der Waals surface area (Å²) in [6.07, 6.45) is 5.25. The van der Waals surface area contributed by atoms with Crippen LogP contribution < -0.4 is 4.74 Å². The predicted molar refractivity (Wildman–Crippen MR) is 53.9 cm³/mol. The van der Waals surface area contributed by atoms with Crippen molar-refractivity contribution in [2.75, 3.05) is 6.61 Å². The van der Waals surface area contributed by atoms with Gasteiger partial charge in [0.1, 0.15) is 6.07 Å². The molecule has 0 aliphatic rings. The van der Waals surface area contributed by atoms with E-state index < -0.39 is 0 Å². The Labute approximate surface area is 83.7 Å². The molecule has 1 aromatic rings. The molecule has 0 aromatic carbocycles. The second kappa shape index (κ2) is 5.76. The van der Waals surface area contributed by atoms with E-state index in [1.54, 1.807) is 18.3 Å². The number of rotatable bonds is 5. The largest absolute Gasteiger partial charge is 0.491 e. The molecule has 0 N–H and O–H groups in total. The fourth-order valence-corrected chi connectivity index (χ4v) is 1.00. The van der Waals surface area contributed by atoms with E-state index in [1.807, 2.05) is 12.1 Å². The minimum atomic E-state index is 0.339. The third kappa shape index (κ3) is 2.91. The number of pyridine rings is 1. The van der Waals surface area contributed by atoms with E-state index in [0.29, 0.717) is 18.1 Å². The third-order valence-corrected chi connectivity index (χ3v) is 1.69. The summed E-state index contributed by atoms with van der Waals surface area (Å²) in [7, 11) is 0. The van der Waals surface area contributed by atoms with Crippen LogP contribution in [-0.2, 0) is 0 Å². The summed E-state index contributed by atoms with van der Waals surface area (Å²) in [5.74, 6) is 0.555. The molecule has 0 radical (unpaired) electrons. The van der Waals surface area contributed by atoms with E-state index in [2.05, 4.69) is 11.6 Å². The molecular formula is C11H12N2O. The first-order chi connectivity index (χ1) is 6.88. The van der Waals surface area contributed by atoms with E-state index in [-0.39, 0.29) is 0 Å². The Morgan fingerprint density at radius 1 is 1.64 bits per heavy atom. The van der Waals surface area contributed by atoms with Gasteiger partial charge in [-0.3, -0.25) is 0 Å². The van der Waals surface area contributed by atoms with Crippen LogP contribution in [0.4, 0.5) is 0 Å². The topological polar surface area (TPSA) is 45.9 Å². The molecule has 3 heteroatoms. The van der Waals surface area contributed by atoms with Crippen molar-refractivity contribution in [3.8, 4) is 11.8 Å². The fourth-order valence-electron chi connectivity index (χ4n) is 1.00. The highest BCUT2D eigenvalue weighted by Crippen LogP contribution is 2.14. The van der Waals surface area contributed by atoms with Crippen LogP contribution in [0, 0.1) is 11.3 Å². The number of nitriles is 1. The summed E-state index contributed by atoms with van der Waals surface area (Å²) in [4.78, 5) is 3.89. The number of hydrogen-bond acceptors (Lipinski definition) is 3. The molecule has 72 valence electrons. The van der Waals surface area contributed by atoms with Crippen molar-refractivity contribution in [2.24, 2.45) is 0 Å². The van der Waals surface area contributed by atoms with Gasteiger partial charge in [-0.2, -0.15) is 5.26 Å². The van der Waals surface area contributed by atoms with E-state index in [9.17, 15) is 0 Å². The maximum absolute atomic E-state index is 8.71. The average Bonchev–Trinajstić information content (AvgIpc) is 2.25. The summed E-state index contributed by atoms with van der Waals surface area (Å²) < 4.78 is 5.40. The maximum Gasteiger partial charge on any atom is 0.182 e. The first-order valence-electron chi connectivity index (χ1n) is 4.47. The Hall–Kier alpha value is -1.82. The van der Waals surface area contributed by atoms with Gasteiger partial charge in [-0.15, -0.1) is 6.58 Å². The summed E-state index contributed by atoms with van der Waals surface area (Å²) in [6, 6.07) is 5.48. The first kappa shape index (κ1) is 10.3. The van der Waals surface area contributed by atoms with Crippen LogP contribution >= 0.6 is 0 Å². The SMILES string of the molecule is C=CCCCOc1cccnc1C#N. The molecule has 0 atom stereocenters. The number of unbranched alkanes of at least 4 members (excludes halogenated alkanes) is 1. The highest BCUT2D eigenvalue weighted by molar-refractivity contribution is 5.36. The molecule has 0 amide bonds. The molecule has 3 nitrogen and oxygen atoms in total. The zero-order chi connectivity index (χ0) is 10.2. The van der Waals surface area contributed by atoms with E-state index in [0.717, 1.165) is 12.8 Å². The van der Waals surface area contributed by atoms with Crippen molar-refractivity contribution >= 4 is 0 Å². The van der Waals surface area contributed by atoms with Crippen LogP contribution in [0.3, 0.4) is 0 Å². The van der Waals surface area contributed by atoms with Gasteiger partial charge in [-0.05, 0) is 25.0 Å². The second-order valence-electron chi connectivity index (χ2n) is 2.74. The van der Waals surface area contributed by atoms with E-state index in [4.69, 9.17) is 10.00 Å². The van der Waals surface area contributed by atoms with Crippen molar-refractivity contribution in [1.82, 2.24) is 4.98 Å². The van der Waals surface area contributed by atoms with Crippen LogP contribution in [0.15, 0.2) is 31.0 Å². The number of hydrogen-bond donors (Lipinski definition) is 0. The van der Waals surface area contributed by atoms with E-state index >= 15 is 0 Å². The van der Waals surface area contributed by atoms with Crippen LogP contribution in [0.2, 0.25) is 0 Å². The molecule has 0 saturated heterocycles. The summed E-state index contributed by atoms with van der Waals surface area (Å²) in [5.41, 5.74) is 0.339. The van der Waals surface area contributed by atoms with Crippen LogP contribution in [0.5, 0.6) is 5.75 Å². The normalized spacial score (nSPS) is 9.07. The van der Waals surface area contributed by atoms with Crippen LogP contribution in [0.1, 0.15) is 18.5 Å². The van der Waals surface area contributed by atoms with Gasteiger partial charge in [0, 0.05) is 6.20 Å². The molecule has 0 aliphatic heterocycles. The van der Waals surface area contributed by atoms with Crippen molar-refractivity contribution in [2.45, 2.75) is 12.8 Å². The standard InChI is InChI=1S/C11H12N2O/c1-2-3-4-8-14-11-6-5-7-13-10(11)9-12/h2,5-7H,1,3-4,8H2. The molecular weight excluding hydrogens is 176 g/mol. The number of ether oxygens (including phenoxy) is 1.